The smallest absolute Gasteiger partial charge is 0.278 e. The van der Waals surface area contributed by atoms with Gasteiger partial charge in [-0.15, -0.1) is 16.4 Å². The summed E-state index contributed by atoms with van der Waals surface area (Å²) in [6.07, 6.45) is 0. The summed E-state index contributed by atoms with van der Waals surface area (Å²) >= 11 is 5.01. The van der Waals surface area contributed by atoms with Gasteiger partial charge in [0.05, 0.1) is 15.7 Å². The van der Waals surface area contributed by atoms with E-state index in [0.29, 0.717) is 24.0 Å². The molecule has 0 aliphatic carbocycles. The number of amides is 1. The van der Waals surface area contributed by atoms with Crippen molar-refractivity contribution in [1.29, 1.82) is 0 Å². The van der Waals surface area contributed by atoms with Crippen LogP contribution in [0.3, 0.4) is 0 Å². The van der Waals surface area contributed by atoms with Gasteiger partial charge in [0.25, 0.3) is 5.56 Å². The third-order valence-electron chi connectivity index (χ3n) is 3.62. The van der Waals surface area contributed by atoms with Crippen molar-refractivity contribution < 1.29 is 4.79 Å². The number of benzene rings is 1. The van der Waals surface area contributed by atoms with Crippen molar-refractivity contribution in [2.24, 2.45) is 0 Å². The van der Waals surface area contributed by atoms with E-state index < -0.39 is 0 Å². The van der Waals surface area contributed by atoms with E-state index in [0.717, 1.165) is 13.3 Å². The number of nitrogens with zero attached hydrogens (tertiary/aromatic N) is 4. The molecule has 6 nitrogen and oxygen atoms in total. The highest BCUT2D eigenvalue weighted by atomic mass is 79.9. The second kappa shape index (κ2) is 7.23. The lowest BCUT2D eigenvalue weighted by Gasteiger charge is -2.20. The standard InChI is InChI=1S/C16H15BrN4O2S/c1-2-20(9-11-7-8-14(17)24-11)15(22)10-21-16(23)12-5-3-4-6-13(12)18-19-21/h3-8H,2,9-10H2,1H3. The number of likely N-dealkylation sites (N-methyl/N-ethyl adjacent to an activating group) is 1. The van der Waals surface area contributed by atoms with Gasteiger partial charge in [0, 0.05) is 11.4 Å². The van der Waals surface area contributed by atoms with Crippen molar-refractivity contribution in [2.75, 3.05) is 6.54 Å². The Morgan fingerprint density at radius 1 is 1.29 bits per heavy atom. The number of hydrogen-bond acceptors (Lipinski definition) is 5. The first-order valence-corrected chi connectivity index (χ1v) is 9.04. The molecule has 8 heteroatoms. The molecule has 0 radical (unpaired) electrons. The van der Waals surface area contributed by atoms with Gasteiger partial charge in [0.2, 0.25) is 5.91 Å². The Labute approximate surface area is 150 Å². The minimum Gasteiger partial charge on any atom is -0.336 e. The molecule has 2 heterocycles. The molecular formula is C16H15BrN4O2S. The van der Waals surface area contributed by atoms with E-state index in [9.17, 15) is 9.59 Å². The highest BCUT2D eigenvalue weighted by Gasteiger charge is 2.16. The zero-order valence-electron chi connectivity index (χ0n) is 13.0. The van der Waals surface area contributed by atoms with E-state index in [1.54, 1.807) is 40.5 Å². The summed E-state index contributed by atoms with van der Waals surface area (Å²) in [4.78, 5) is 27.7. The van der Waals surface area contributed by atoms with Crippen LogP contribution in [-0.2, 0) is 17.9 Å². The van der Waals surface area contributed by atoms with Gasteiger partial charge in [-0.3, -0.25) is 9.59 Å². The Morgan fingerprint density at radius 3 is 2.79 bits per heavy atom. The Kier molecular flexibility index (Phi) is 5.06. The molecule has 0 N–H and O–H groups in total. The number of halogens is 1. The lowest BCUT2D eigenvalue weighted by atomic mass is 10.2. The molecule has 0 aliphatic rings. The minimum atomic E-state index is -0.302. The molecule has 24 heavy (non-hydrogen) atoms. The summed E-state index contributed by atoms with van der Waals surface area (Å²) in [5.74, 6) is -0.159. The normalized spacial score (nSPS) is 10.9. The topological polar surface area (TPSA) is 68.1 Å². The molecule has 3 rings (SSSR count). The quantitative estimate of drug-likeness (QED) is 0.652. The number of aromatic nitrogens is 3. The first kappa shape index (κ1) is 16.8. The van der Waals surface area contributed by atoms with E-state index in [4.69, 9.17) is 0 Å². The van der Waals surface area contributed by atoms with Crippen LogP contribution in [0.15, 0.2) is 45.0 Å². The fourth-order valence-electron chi connectivity index (χ4n) is 2.36. The molecule has 0 aliphatic heterocycles. The second-order valence-corrected chi connectivity index (χ2v) is 7.73. The number of rotatable bonds is 5. The van der Waals surface area contributed by atoms with Gasteiger partial charge in [-0.05, 0) is 47.1 Å². The van der Waals surface area contributed by atoms with E-state index >= 15 is 0 Å². The van der Waals surface area contributed by atoms with Crippen LogP contribution in [0.1, 0.15) is 11.8 Å². The fourth-order valence-corrected chi connectivity index (χ4v) is 3.86. The molecule has 0 saturated carbocycles. The molecule has 2 aromatic heterocycles. The van der Waals surface area contributed by atoms with Crippen LogP contribution >= 0.6 is 27.3 Å². The molecular weight excluding hydrogens is 392 g/mol. The Morgan fingerprint density at radius 2 is 2.08 bits per heavy atom. The van der Waals surface area contributed by atoms with Crippen LogP contribution in [0.5, 0.6) is 0 Å². The summed E-state index contributed by atoms with van der Waals surface area (Å²) in [5.41, 5.74) is 0.228. The lowest BCUT2D eigenvalue weighted by Crippen LogP contribution is -2.37. The summed E-state index contributed by atoms with van der Waals surface area (Å²) in [5, 5.41) is 8.35. The highest BCUT2D eigenvalue weighted by molar-refractivity contribution is 9.11. The van der Waals surface area contributed by atoms with Crippen molar-refractivity contribution in [2.45, 2.75) is 20.0 Å². The first-order valence-electron chi connectivity index (χ1n) is 7.43. The maximum Gasteiger partial charge on any atom is 0.278 e. The molecule has 0 fully saturated rings. The summed E-state index contributed by atoms with van der Waals surface area (Å²) in [6.45, 7) is 2.87. The zero-order chi connectivity index (χ0) is 17.1. The van der Waals surface area contributed by atoms with Crippen molar-refractivity contribution >= 4 is 44.1 Å². The summed E-state index contributed by atoms with van der Waals surface area (Å²) < 4.78 is 2.15. The van der Waals surface area contributed by atoms with Crippen LogP contribution in [0.4, 0.5) is 0 Å². The average molecular weight is 407 g/mol. The Bertz CT molecular complexity index is 937. The highest BCUT2D eigenvalue weighted by Crippen LogP contribution is 2.23. The number of fused-ring (bicyclic) bond motifs is 1. The van der Waals surface area contributed by atoms with Gasteiger partial charge >= 0.3 is 0 Å². The predicted molar refractivity (Wildman–Crippen MR) is 96.9 cm³/mol. The van der Waals surface area contributed by atoms with Gasteiger partial charge in [-0.25, -0.2) is 4.68 Å². The molecule has 0 saturated heterocycles. The molecule has 0 bridgehead atoms. The van der Waals surface area contributed by atoms with Gasteiger partial charge in [0.15, 0.2) is 0 Å². The number of carbonyl (C=O) groups excluding carboxylic acids is 1. The largest absolute Gasteiger partial charge is 0.336 e. The van der Waals surface area contributed by atoms with E-state index in [1.165, 1.54) is 0 Å². The van der Waals surface area contributed by atoms with Crippen molar-refractivity contribution in [3.05, 3.63) is 55.4 Å². The monoisotopic (exact) mass is 406 g/mol. The Hall–Kier alpha value is -2.06. The van der Waals surface area contributed by atoms with E-state index in [2.05, 4.69) is 26.2 Å². The first-order chi connectivity index (χ1) is 11.6. The second-order valence-electron chi connectivity index (χ2n) is 5.18. The molecule has 1 aromatic carbocycles. The summed E-state index contributed by atoms with van der Waals surface area (Å²) in [6, 6.07) is 10.9. The summed E-state index contributed by atoms with van der Waals surface area (Å²) in [7, 11) is 0. The van der Waals surface area contributed by atoms with Crippen molar-refractivity contribution in [3.63, 3.8) is 0 Å². The van der Waals surface area contributed by atoms with Crippen LogP contribution in [0, 0.1) is 0 Å². The fraction of sp³-hybridized carbons (Fsp3) is 0.250. The lowest BCUT2D eigenvalue weighted by molar-refractivity contribution is -0.132. The predicted octanol–water partition coefficient (Wildman–Crippen LogP) is 2.66. The average Bonchev–Trinajstić information content (AvgIpc) is 3.00. The van der Waals surface area contributed by atoms with Gasteiger partial charge in [-0.2, -0.15) is 0 Å². The Balaban J connectivity index is 1.80. The molecule has 3 aromatic rings. The van der Waals surface area contributed by atoms with Gasteiger partial charge in [-0.1, -0.05) is 17.3 Å². The van der Waals surface area contributed by atoms with Crippen molar-refractivity contribution in [1.82, 2.24) is 19.9 Å². The molecule has 124 valence electrons. The van der Waals surface area contributed by atoms with Crippen LogP contribution in [-0.4, -0.2) is 32.3 Å². The SMILES string of the molecule is CCN(Cc1ccc(Br)s1)C(=O)Cn1nnc2ccccc2c1=O. The maximum atomic E-state index is 12.5. The maximum absolute atomic E-state index is 12.5. The molecule has 0 unspecified atom stereocenters. The van der Waals surface area contributed by atoms with E-state index in [1.807, 2.05) is 19.1 Å². The van der Waals surface area contributed by atoms with Gasteiger partial charge < -0.3 is 4.90 Å². The number of thiophene rings is 1. The number of carbonyl (C=O) groups is 1. The van der Waals surface area contributed by atoms with Gasteiger partial charge in [0.1, 0.15) is 12.1 Å². The molecule has 0 atom stereocenters. The van der Waals surface area contributed by atoms with Crippen LogP contribution in [0.25, 0.3) is 10.9 Å². The zero-order valence-corrected chi connectivity index (χ0v) is 15.4. The van der Waals surface area contributed by atoms with E-state index in [-0.39, 0.29) is 18.0 Å². The third-order valence-corrected chi connectivity index (χ3v) is 5.23. The minimum absolute atomic E-state index is 0.114. The van der Waals surface area contributed by atoms with Crippen molar-refractivity contribution in [3.8, 4) is 0 Å². The molecule has 1 amide bonds. The molecule has 0 spiro atoms. The van der Waals surface area contributed by atoms with Crippen LogP contribution < -0.4 is 5.56 Å². The third kappa shape index (κ3) is 3.54. The number of hydrogen-bond donors (Lipinski definition) is 0. The van der Waals surface area contributed by atoms with Crippen LogP contribution in [0.2, 0.25) is 0 Å².